The lowest BCUT2D eigenvalue weighted by Gasteiger charge is -2.38. The summed E-state index contributed by atoms with van der Waals surface area (Å²) in [6, 6.07) is 7.18. The summed E-state index contributed by atoms with van der Waals surface area (Å²) >= 11 is 0. The van der Waals surface area contributed by atoms with Crippen molar-refractivity contribution < 1.29 is 27.2 Å². The molecule has 1 aromatic carbocycles. The number of pyridine rings is 1. The van der Waals surface area contributed by atoms with Crippen molar-refractivity contribution in [3.8, 4) is 11.5 Å². The number of carbonyl (C=O) groups is 2. The van der Waals surface area contributed by atoms with E-state index < -0.39 is 17.7 Å². The fraction of sp³-hybridized carbons (Fsp3) is 0.423. The van der Waals surface area contributed by atoms with Gasteiger partial charge in [-0.2, -0.15) is 8.78 Å². The minimum atomic E-state index is -2.89. The van der Waals surface area contributed by atoms with E-state index in [1.165, 1.54) is 24.4 Å². The predicted octanol–water partition coefficient (Wildman–Crippen LogP) is 4.32. The smallest absolute Gasteiger partial charge is 0.314 e. The van der Waals surface area contributed by atoms with Crippen molar-refractivity contribution in [1.82, 2.24) is 25.4 Å². The molecule has 0 spiro atoms. The van der Waals surface area contributed by atoms with Crippen LogP contribution in [0.4, 0.5) is 13.2 Å². The highest BCUT2D eigenvalue weighted by molar-refractivity contribution is 5.99. The highest BCUT2D eigenvalue weighted by atomic mass is 19.3. The minimum absolute atomic E-state index is 0.0909. The zero-order chi connectivity index (χ0) is 25.7. The summed E-state index contributed by atoms with van der Waals surface area (Å²) in [5, 5.41) is 10.2. The zero-order valence-electron chi connectivity index (χ0n) is 19.8. The van der Waals surface area contributed by atoms with E-state index >= 15 is 0 Å². The van der Waals surface area contributed by atoms with Gasteiger partial charge in [0.15, 0.2) is 0 Å². The summed E-state index contributed by atoms with van der Waals surface area (Å²) in [6.45, 7) is 0.292. The maximum absolute atomic E-state index is 13.4. The van der Waals surface area contributed by atoms with Crippen molar-refractivity contribution >= 4 is 11.8 Å². The van der Waals surface area contributed by atoms with Crippen LogP contribution >= 0.6 is 0 Å². The Morgan fingerprint density at radius 3 is 2.59 bits per heavy atom. The van der Waals surface area contributed by atoms with Crippen molar-refractivity contribution in [2.75, 3.05) is 0 Å². The van der Waals surface area contributed by atoms with Gasteiger partial charge in [-0.3, -0.25) is 14.6 Å². The third-order valence-corrected chi connectivity index (χ3v) is 7.68. The first-order valence-electron chi connectivity index (χ1n) is 12.3. The van der Waals surface area contributed by atoms with Gasteiger partial charge in [0, 0.05) is 12.2 Å². The van der Waals surface area contributed by atoms with Gasteiger partial charge < -0.3 is 14.6 Å². The normalized spacial score (nSPS) is 22.3. The van der Waals surface area contributed by atoms with Gasteiger partial charge in [-0.1, -0.05) is 25.0 Å². The molecule has 6 rings (SSSR count). The molecule has 0 unspecified atom stereocenters. The van der Waals surface area contributed by atoms with E-state index in [-0.39, 0.29) is 41.2 Å². The van der Waals surface area contributed by atoms with E-state index in [1.54, 1.807) is 17.0 Å². The largest absolute Gasteiger partial charge is 0.415 e. The number of carbonyl (C=O) groups excluding carboxylic acids is 2. The van der Waals surface area contributed by atoms with Gasteiger partial charge in [-0.25, -0.2) is 4.39 Å². The molecular weight excluding hydrogens is 487 g/mol. The second-order valence-electron chi connectivity index (χ2n) is 9.92. The maximum Gasteiger partial charge on any atom is 0.314 e. The van der Waals surface area contributed by atoms with Gasteiger partial charge >= 0.3 is 6.43 Å². The van der Waals surface area contributed by atoms with Crippen LogP contribution in [0.15, 0.2) is 40.9 Å². The maximum atomic E-state index is 13.4. The lowest BCUT2D eigenvalue weighted by Crippen LogP contribution is -2.55. The molecule has 8 nitrogen and oxygen atoms in total. The van der Waals surface area contributed by atoms with Gasteiger partial charge in [-0.15, -0.1) is 10.2 Å². The lowest BCUT2D eigenvalue weighted by atomic mass is 9.87. The molecule has 1 aliphatic heterocycles. The average molecular weight is 512 g/mol. The topological polar surface area (TPSA) is 101 Å². The molecule has 11 heteroatoms. The van der Waals surface area contributed by atoms with Gasteiger partial charge in [-0.05, 0) is 49.4 Å². The third kappa shape index (κ3) is 4.15. The summed E-state index contributed by atoms with van der Waals surface area (Å²) in [4.78, 5) is 32.9. The molecule has 2 amide bonds. The highest BCUT2D eigenvalue weighted by Crippen LogP contribution is 2.48. The Hall–Kier alpha value is -3.76. The quantitative estimate of drug-likeness (QED) is 0.529. The molecule has 2 saturated carbocycles. The molecular formula is C26H24F3N5O3. The molecule has 3 aromatic rings. The van der Waals surface area contributed by atoms with Crippen LogP contribution in [-0.4, -0.2) is 44.0 Å². The van der Waals surface area contributed by atoms with E-state index in [2.05, 4.69) is 20.5 Å². The Morgan fingerprint density at radius 1 is 1.14 bits per heavy atom. The number of fused-ring (bicyclic) bond motifs is 1. The number of amides is 2. The lowest BCUT2D eigenvalue weighted by molar-refractivity contribution is -0.125. The number of hydrogen-bond donors (Lipinski definition) is 1. The second-order valence-corrected chi connectivity index (χ2v) is 9.92. The van der Waals surface area contributed by atoms with Crippen LogP contribution in [0.25, 0.3) is 11.5 Å². The number of nitrogens with zero attached hydrogens (tertiary/aromatic N) is 4. The Kier molecular flexibility index (Phi) is 5.73. The number of hydrogen-bond acceptors (Lipinski definition) is 6. The van der Waals surface area contributed by atoms with Crippen molar-refractivity contribution in [3.05, 3.63) is 65.1 Å². The van der Waals surface area contributed by atoms with E-state index in [1.807, 2.05) is 0 Å². The summed E-state index contributed by atoms with van der Waals surface area (Å²) < 4.78 is 44.1. The Bertz CT molecular complexity index is 1360. The minimum Gasteiger partial charge on any atom is -0.415 e. The van der Waals surface area contributed by atoms with Crippen LogP contribution in [0.3, 0.4) is 0 Å². The molecule has 1 N–H and O–H groups in total. The molecule has 0 saturated heterocycles. The number of benzene rings is 1. The third-order valence-electron chi connectivity index (χ3n) is 7.68. The molecule has 2 atom stereocenters. The summed E-state index contributed by atoms with van der Waals surface area (Å²) in [5.74, 6) is -1.59. The van der Waals surface area contributed by atoms with Crippen molar-refractivity contribution in [1.29, 1.82) is 0 Å². The van der Waals surface area contributed by atoms with Crippen molar-refractivity contribution in [2.45, 2.75) is 69.0 Å². The fourth-order valence-electron chi connectivity index (χ4n) is 5.52. The van der Waals surface area contributed by atoms with E-state index in [4.69, 9.17) is 4.42 Å². The number of aromatic nitrogens is 3. The molecule has 2 aromatic heterocycles. The molecule has 3 heterocycles. The Morgan fingerprint density at radius 2 is 1.89 bits per heavy atom. The summed E-state index contributed by atoms with van der Waals surface area (Å²) in [5.41, 5.74) is 1.37. The Labute approximate surface area is 210 Å². The van der Waals surface area contributed by atoms with E-state index in [0.29, 0.717) is 30.6 Å². The van der Waals surface area contributed by atoms with Crippen molar-refractivity contribution in [3.63, 3.8) is 0 Å². The van der Waals surface area contributed by atoms with E-state index in [0.717, 1.165) is 31.2 Å². The van der Waals surface area contributed by atoms with Crippen molar-refractivity contribution in [2.24, 2.45) is 0 Å². The number of rotatable bonds is 6. The molecule has 2 aliphatic carbocycles. The number of alkyl halides is 2. The number of halogens is 3. The van der Waals surface area contributed by atoms with Crippen LogP contribution in [0.5, 0.6) is 0 Å². The first-order valence-corrected chi connectivity index (χ1v) is 12.3. The zero-order valence-corrected chi connectivity index (χ0v) is 19.8. The predicted molar refractivity (Wildman–Crippen MR) is 124 cm³/mol. The van der Waals surface area contributed by atoms with Crippen LogP contribution < -0.4 is 5.32 Å². The molecule has 0 bridgehead atoms. The number of nitrogens with one attached hydrogen (secondary N) is 1. The average Bonchev–Trinajstić information content (AvgIpc) is 3.44. The molecule has 2 fully saturated rings. The summed E-state index contributed by atoms with van der Waals surface area (Å²) in [6.07, 6.45) is 3.28. The van der Waals surface area contributed by atoms with E-state index in [9.17, 15) is 22.8 Å². The standard InChI is InChI=1S/C26H24F3N5O3/c27-16-7-5-15(6-8-16)26(9-10-26)25(36)31-18-3-1-2-4-20(18)34-13-19-17(24(34)35)11-14(12-30-19)22-32-33-23(37-22)21(28)29/h5-8,11-12,18,20-21H,1-4,9-10,13H2,(H,31,36)/t18-,20-/m1/s1. The van der Waals surface area contributed by atoms with Gasteiger partial charge in [0.1, 0.15) is 5.82 Å². The Balaban J connectivity index is 1.20. The molecule has 3 aliphatic rings. The first kappa shape index (κ1) is 23.6. The van der Waals surface area contributed by atoms with Gasteiger partial charge in [0.25, 0.3) is 11.8 Å². The van der Waals surface area contributed by atoms with Crippen LogP contribution in [0.1, 0.15) is 72.5 Å². The van der Waals surface area contributed by atoms with Gasteiger partial charge in [0.2, 0.25) is 11.8 Å². The molecule has 0 radical (unpaired) electrons. The molecule has 37 heavy (non-hydrogen) atoms. The summed E-state index contributed by atoms with van der Waals surface area (Å²) in [7, 11) is 0. The van der Waals surface area contributed by atoms with Crippen LogP contribution in [0.2, 0.25) is 0 Å². The second kappa shape index (κ2) is 8.97. The van der Waals surface area contributed by atoms with Crippen LogP contribution in [0, 0.1) is 5.82 Å². The van der Waals surface area contributed by atoms with Crippen LogP contribution in [-0.2, 0) is 16.8 Å². The SMILES string of the molecule is O=C1c2cc(-c3nnc(C(F)F)o3)cnc2CN1[C@@H]1CCCC[C@H]1NC(=O)C1(c2ccc(F)cc2)CC1. The first-order chi connectivity index (χ1) is 17.9. The highest BCUT2D eigenvalue weighted by Gasteiger charge is 2.52. The fourth-order valence-corrected chi connectivity index (χ4v) is 5.52. The molecule has 192 valence electrons. The van der Waals surface area contributed by atoms with Gasteiger partial charge in [0.05, 0.1) is 34.8 Å². The monoisotopic (exact) mass is 511 g/mol.